The van der Waals surface area contributed by atoms with Gasteiger partial charge in [0.2, 0.25) is 53.0 Å². The molecule has 0 unspecified atom stereocenters. The van der Waals surface area contributed by atoms with Crippen LogP contribution in [0.4, 0.5) is 69.8 Å². The second-order valence-electron chi connectivity index (χ2n) is 34.7. The smallest absolute Gasteiger partial charge is 0.295 e. The lowest BCUT2D eigenvalue weighted by Crippen LogP contribution is -2.27. The van der Waals surface area contributed by atoms with E-state index in [1.165, 1.54) is 14.0 Å². The van der Waals surface area contributed by atoms with Crippen LogP contribution in [0, 0.1) is 13.8 Å². The van der Waals surface area contributed by atoms with Crippen molar-refractivity contribution in [2.75, 3.05) is 84.6 Å². The van der Waals surface area contributed by atoms with Gasteiger partial charge in [0.05, 0.1) is 104 Å². The van der Waals surface area contributed by atoms with Crippen molar-refractivity contribution in [2.24, 2.45) is 0 Å². The highest BCUT2D eigenvalue weighted by molar-refractivity contribution is 6.06. The number of carbonyl (C=O) groups excluding carboxylic acids is 6. The van der Waals surface area contributed by atoms with Crippen LogP contribution in [0.2, 0.25) is 0 Å². The molecule has 12 aromatic heterocycles. The number of ether oxygens (including phenoxy) is 2. The van der Waals surface area contributed by atoms with Crippen LogP contribution in [0.1, 0.15) is 95.2 Å². The van der Waals surface area contributed by atoms with Crippen LogP contribution in [-0.4, -0.2) is 181 Å². The molecule has 6 aromatic carbocycles. The molecule has 0 atom stereocenters. The Bertz CT molecular complexity index is 7900. The second kappa shape index (κ2) is 43.7. The van der Waals surface area contributed by atoms with Crippen molar-refractivity contribution in [2.45, 2.75) is 105 Å². The summed E-state index contributed by atoms with van der Waals surface area (Å²) in [6.45, 7) is 10.4. The first-order valence-corrected chi connectivity index (χ1v) is 46.9. The van der Waals surface area contributed by atoms with Gasteiger partial charge in [0.25, 0.3) is 35.6 Å². The lowest BCUT2D eigenvalue weighted by Gasteiger charge is -2.18. The zero-order valence-corrected chi connectivity index (χ0v) is 81.2. The van der Waals surface area contributed by atoms with Crippen LogP contribution in [0.5, 0.6) is 0 Å². The van der Waals surface area contributed by atoms with Crippen molar-refractivity contribution < 1.29 is 52.3 Å². The quantitative estimate of drug-likeness (QED) is 0.0278. The molecular weight excluding hydrogens is 1920 g/mol. The van der Waals surface area contributed by atoms with Gasteiger partial charge in [-0.1, -0.05) is 176 Å². The molecule has 0 radical (unpaired) electrons. The van der Waals surface area contributed by atoms with Crippen molar-refractivity contribution in [3.63, 3.8) is 0 Å². The maximum Gasteiger partial charge on any atom is 0.295 e. The number of carbonyl (C=O) groups is 6. The molecular formula is C103H96N36O11. The summed E-state index contributed by atoms with van der Waals surface area (Å²) in [6, 6.07) is 59.4. The van der Waals surface area contributed by atoms with E-state index in [-0.39, 0.29) is 121 Å². The highest BCUT2D eigenvalue weighted by atomic mass is 16.5. The molecule has 0 saturated carbocycles. The van der Waals surface area contributed by atoms with Gasteiger partial charge >= 0.3 is 0 Å². The zero-order valence-electron chi connectivity index (χ0n) is 81.2. The van der Waals surface area contributed by atoms with E-state index in [9.17, 15) is 33.9 Å². The van der Waals surface area contributed by atoms with Crippen LogP contribution in [0.15, 0.2) is 253 Å². The number of rotatable bonds is 24. The standard InChI is InChI=1S/C19H18N6O2.C18H18N6O3.C17H16N6O2.C17H16N6O.C16H14N6O2.C16H14N6O/c1-12(27-2)14-6-3-5-13(9-14)11-24-16(26)10-15-17(20)22-19(23-18(15)24)25-8-4-7-21-25;1-26-8-7-13-22-23-18(27-13)16-20-15(19)12-9-14(25)24(17(12)21-16)10-11-5-3-2-4-6-11;18-15-13-8-14(25)22(9-11-3-1-4-12(7-11)10-24)16(13)21-17(20-15)23-6-2-5-19-23;1-11-8-19-23(9-11)17-20-15(18)13-7-14(24)22(16(13)21-17)10-12-5-3-2-4-6-12;1-9-18-16(24-21-9)14-19-13(17)11-7-12(23)22(15(11)20-14)8-10-5-3-2-4-6-10;17-14-12-9-13(23)21(10-11-5-2-1-3-6-11)15(12)20-16(19-14)22-8-4-7-18-22/h3-9H,1,10-11H2,2H3,(H2,20,22,23);2-6H,7-10H2,1H3,(H2,19,20,21);1-7,24H,8-10H2,(H2,18,20,21);2-6,8-9H,7,10H2,1H3,(H2,18,20,21);2-6H,7-8H2,1H3,(H2,17,19,20);1-8H,9-10H2,(H2,17,19,20). The van der Waals surface area contributed by atoms with Crippen molar-refractivity contribution in [1.82, 2.24) is 119 Å². The number of aliphatic hydroxyl groups excluding tert-OH is 1. The predicted molar refractivity (Wildman–Crippen MR) is 549 cm³/mol. The molecule has 6 amide bonds. The number of benzene rings is 6. The van der Waals surface area contributed by atoms with Crippen LogP contribution in [0.3, 0.4) is 0 Å². The van der Waals surface area contributed by atoms with Crippen LogP contribution >= 0.6 is 0 Å². The summed E-state index contributed by atoms with van der Waals surface area (Å²) >= 11 is 0. The van der Waals surface area contributed by atoms with Gasteiger partial charge in [-0.2, -0.15) is 65.3 Å². The molecule has 13 N–H and O–H groups in total. The molecule has 0 spiro atoms. The highest BCUT2D eigenvalue weighted by Crippen LogP contribution is 2.41. The minimum Gasteiger partial charge on any atom is -0.497 e. The Morgan fingerprint density at radius 3 is 1.03 bits per heavy atom. The number of nitrogens with zero attached hydrogens (tertiary/aromatic N) is 30. The van der Waals surface area contributed by atoms with Crippen molar-refractivity contribution in [3.8, 4) is 47.2 Å². The summed E-state index contributed by atoms with van der Waals surface area (Å²) < 4.78 is 27.0. The number of anilines is 12. The largest absolute Gasteiger partial charge is 0.497 e. The van der Waals surface area contributed by atoms with E-state index in [0.29, 0.717) is 179 Å². The summed E-state index contributed by atoms with van der Waals surface area (Å²) in [6.07, 6.45) is 15.3. The van der Waals surface area contributed by atoms with E-state index in [1.807, 2.05) is 183 Å². The van der Waals surface area contributed by atoms with E-state index < -0.39 is 0 Å². The molecule has 0 saturated heterocycles. The number of nitrogen functional groups attached to an aromatic ring is 6. The molecule has 6 aliphatic heterocycles. The second-order valence-corrected chi connectivity index (χ2v) is 34.7. The van der Waals surface area contributed by atoms with E-state index in [1.54, 1.807) is 117 Å². The molecule has 24 rings (SSSR count). The lowest BCUT2D eigenvalue weighted by atomic mass is 10.1. The lowest BCUT2D eigenvalue weighted by molar-refractivity contribution is -0.118. The first kappa shape index (κ1) is 98.8. The van der Waals surface area contributed by atoms with Gasteiger partial charge in [0.1, 0.15) is 75.6 Å². The molecule has 47 heteroatoms. The maximum absolute atomic E-state index is 12.6. The fraction of sp³-hybridized carbons (Fsp3) is 0.184. The summed E-state index contributed by atoms with van der Waals surface area (Å²) in [7, 11) is 3.17. The molecule has 47 nitrogen and oxygen atoms in total. The minimum absolute atomic E-state index is 0.0244. The van der Waals surface area contributed by atoms with E-state index >= 15 is 0 Å². The van der Waals surface area contributed by atoms with E-state index in [4.69, 9.17) is 52.8 Å². The molecule has 18 heterocycles. The number of nitrogens with two attached hydrogens (primary N) is 6. The molecule has 0 fully saturated rings. The number of hydrogen-bond acceptors (Lipinski definition) is 37. The molecule has 6 aliphatic rings. The zero-order chi connectivity index (χ0) is 104. The summed E-state index contributed by atoms with van der Waals surface area (Å²) in [5, 5.41) is 37.5. The van der Waals surface area contributed by atoms with Crippen molar-refractivity contribution >= 4 is 111 Å². The first-order valence-electron chi connectivity index (χ1n) is 46.9. The molecule has 0 aliphatic carbocycles. The van der Waals surface area contributed by atoms with Gasteiger partial charge in [-0.05, 0) is 82.6 Å². The van der Waals surface area contributed by atoms with Gasteiger partial charge in [-0.15, -0.1) is 10.2 Å². The normalized spacial score (nSPS) is 13.3. The van der Waals surface area contributed by atoms with Crippen molar-refractivity contribution in [1.29, 1.82) is 0 Å². The van der Waals surface area contributed by atoms with Gasteiger partial charge in [-0.3, -0.25) is 58.2 Å². The third kappa shape index (κ3) is 21.8. The highest BCUT2D eigenvalue weighted by Gasteiger charge is 2.40. The Kier molecular flexibility index (Phi) is 28.8. The Morgan fingerprint density at radius 2 is 0.700 bits per heavy atom. The summed E-state index contributed by atoms with van der Waals surface area (Å²) in [5.74, 6) is 8.18. The fourth-order valence-electron chi connectivity index (χ4n) is 16.9. The average Bonchev–Trinajstić information content (AvgIpc) is 1.67. The first-order chi connectivity index (χ1) is 72.8. The van der Waals surface area contributed by atoms with Gasteiger partial charge in [0, 0.05) is 95.9 Å². The molecule has 18 aromatic rings. The Morgan fingerprint density at radius 1 is 0.367 bits per heavy atom. The maximum atomic E-state index is 12.6. The predicted octanol–water partition coefficient (Wildman–Crippen LogP) is 8.65. The summed E-state index contributed by atoms with van der Waals surface area (Å²) in [4.78, 5) is 141. The van der Waals surface area contributed by atoms with Crippen LogP contribution in [-0.2, 0) is 129 Å². The Hall–Kier alpha value is -20.0. The Labute approximate surface area is 854 Å². The third-order valence-corrected chi connectivity index (χ3v) is 24.4. The van der Waals surface area contributed by atoms with Gasteiger partial charge < -0.3 is 57.9 Å². The minimum atomic E-state index is -0.0805. The van der Waals surface area contributed by atoms with Gasteiger partial charge in [0.15, 0.2) is 5.82 Å². The molecule has 0 bridgehead atoms. The number of aryl methyl sites for hydroxylation is 2. The fourth-order valence-corrected chi connectivity index (χ4v) is 16.9. The number of aliphatic hydroxyl groups is 1. The monoisotopic (exact) mass is 2010 g/mol. The van der Waals surface area contributed by atoms with Crippen LogP contribution < -0.4 is 63.8 Å². The number of fused-ring (bicyclic) bond motifs is 6. The van der Waals surface area contributed by atoms with E-state index in [0.717, 1.165) is 50.1 Å². The summed E-state index contributed by atoms with van der Waals surface area (Å²) in [5.41, 5.74) is 48.8. The van der Waals surface area contributed by atoms with Crippen LogP contribution in [0.25, 0.3) is 53.0 Å². The Balaban J connectivity index is 0.000000113. The number of methoxy groups -OCH3 is 2. The third-order valence-electron chi connectivity index (χ3n) is 24.4. The number of aromatic nitrogens is 24. The number of amides is 6. The van der Waals surface area contributed by atoms with E-state index in [2.05, 4.69) is 107 Å². The van der Waals surface area contributed by atoms with Gasteiger partial charge in [-0.25, -0.2) is 38.7 Å². The van der Waals surface area contributed by atoms with Crippen molar-refractivity contribution in [3.05, 3.63) is 339 Å². The topological polar surface area (TPSA) is 620 Å². The average molecular weight is 2010 g/mol. The SMILES string of the molecule is C=C(OC)c1cccc(CN2C(=O)Cc3c(N)nc(-n4cccn4)nc32)c1.COCCc1nnc(-c2nc(N)c3c(n2)N(Cc2ccccc2)C(=O)C3)o1.Cc1cnn(-c2nc(N)c3c(n2)N(Cc2ccccc2)C(=O)C3)c1.Cc1noc(-c2nc(N)c3c(n2)N(Cc2ccccc2)C(=O)C3)n1.Nc1nc(-n2cccn2)nc2c1CC(=O)N2Cc1cccc(CO)c1.Nc1nc(-n2cccn2)nc2c1CC(=O)N2Cc1ccccc1. The molecule has 754 valence electrons. The number of hydrogen-bond donors (Lipinski definition) is 7. The molecule has 150 heavy (non-hydrogen) atoms.